The van der Waals surface area contributed by atoms with E-state index in [1.54, 1.807) is 13.1 Å². The molecular formula is C22H20ClN5O2S. The summed E-state index contributed by atoms with van der Waals surface area (Å²) in [5, 5.41) is 2.78. The smallest absolute Gasteiger partial charge is 0.280 e. The SMILES string of the molecule is Cc1nc(COc2nc(C)n(-c3cc(-c4ncncc4C)ccc3C)c(=O)c2Cl)cs1. The highest BCUT2D eigenvalue weighted by Crippen LogP contribution is 2.27. The normalized spacial score (nSPS) is 11.0. The summed E-state index contributed by atoms with van der Waals surface area (Å²) in [6.07, 6.45) is 3.27. The van der Waals surface area contributed by atoms with Gasteiger partial charge >= 0.3 is 0 Å². The molecule has 3 heterocycles. The first-order chi connectivity index (χ1) is 14.8. The van der Waals surface area contributed by atoms with E-state index in [2.05, 4.69) is 19.9 Å². The number of aryl methyl sites for hydroxylation is 4. The quantitative estimate of drug-likeness (QED) is 0.438. The number of hydrogen-bond donors (Lipinski definition) is 0. The zero-order valence-corrected chi connectivity index (χ0v) is 19.1. The van der Waals surface area contributed by atoms with Gasteiger partial charge in [-0.1, -0.05) is 23.7 Å². The summed E-state index contributed by atoms with van der Waals surface area (Å²) in [7, 11) is 0. The van der Waals surface area contributed by atoms with E-state index in [1.807, 2.05) is 44.4 Å². The van der Waals surface area contributed by atoms with Crippen LogP contribution in [0.3, 0.4) is 0 Å². The molecule has 0 bridgehead atoms. The largest absolute Gasteiger partial charge is 0.470 e. The van der Waals surface area contributed by atoms with Gasteiger partial charge in [0.15, 0.2) is 5.02 Å². The predicted molar refractivity (Wildman–Crippen MR) is 121 cm³/mol. The average Bonchev–Trinajstić information content (AvgIpc) is 3.16. The van der Waals surface area contributed by atoms with E-state index in [0.29, 0.717) is 11.5 Å². The van der Waals surface area contributed by atoms with Crippen molar-refractivity contribution in [3.63, 3.8) is 0 Å². The first kappa shape index (κ1) is 21.1. The fourth-order valence-corrected chi connectivity index (χ4v) is 4.06. The molecule has 3 aromatic heterocycles. The molecule has 0 unspecified atom stereocenters. The monoisotopic (exact) mass is 453 g/mol. The number of nitrogens with zero attached hydrogens (tertiary/aromatic N) is 5. The topological polar surface area (TPSA) is 82.8 Å². The van der Waals surface area contributed by atoms with E-state index in [0.717, 1.165) is 33.1 Å². The van der Waals surface area contributed by atoms with Crippen LogP contribution in [0.5, 0.6) is 5.88 Å². The third-order valence-corrected chi connectivity index (χ3v) is 5.95. The molecule has 9 heteroatoms. The zero-order valence-electron chi connectivity index (χ0n) is 17.5. The van der Waals surface area contributed by atoms with Crippen LogP contribution in [0.15, 0.2) is 40.9 Å². The Hall–Kier alpha value is -3.10. The van der Waals surface area contributed by atoms with Crippen LogP contribution in [0.2, 0.25) is 5.02 Å². The molecule has 4 aromatic rings. The molecule has 0 N–H and O–H groups in total. The van der Waals surface area contributed by atoms with Crippen LogP contribution in [0.25, 0.3) is 16.9 Å². The molecule has 0 radical (unpaired) electrons. The van der Waals surface area contributed by atoms with Gasteiger partial charge in [-0.05, 0) is 44.9 Å². The van der Waals surface area contributed by atoms with Crippen molar-refractivity contribution in [1.29, 1.82) is 0 Å². The van der Waals surface area contributed by atoms with Gasteiger partial charge in [-0.15, -0.1) is 11.3 Å². The van der Waals surface area contributed by atoms with Gasteiger partial charge in [0.1, 0.15) is 18.8 Å². The number of halogens is 1. The first-order valence-corrected chi connectivity index (χ1v) is 10.8. The maximum absolute atomic E-state index is 13.2. The number of ether oxygens (including phenoxy) is 1. The Kier molecular flexibility index (Phi) is 5.84. The van der Waals surface area contributed by atoms with Crippen LogP contribution in [0.1, 0.15) is 27.7 Å². The molecule has 0 saturated heterocycles. The van der Waals surface area contributed by atoms with E-state index in [9.17, 15) is 4.79 Å². The van der Waals surface area contributed by atoms with Gasteiger partial charge in [0.2, 0.25) is 5.88 Å². The standard InChI is InChI=1S/C22H20ClN5O2S/c1-12-5-6-16(20-13(2)8-24-11-25-20)7-18(12)28-14(3)26-21(19(23)22(28)29)30-9-17-10-31-15(4)27-17/h5-8,10-11H,9H2,1-4H3. The second-order valence-electron chi connectivity index (χ2n) is 7.12. The molecule has 4 rings (SSSR count). The molecule has 0 amide bonds. The van der Waals surface area contributed by atoms with E-state index in [1.165, 1.54) is 22.2 Å². The van der Waals surface area contributed by atoms with E-state index in [4.69, 9.17) is 16.3 Å². The average molecular weight is 454 g/mol. The molecular weight excluding hydrogens is 434 g/mol. The van der Waals surface area contributed by atoms with Gasteiger partial charge in [0.05, 0.1) is 22.1 Å². The summed E-state index contributed by atoms with van der Waals surface area (Å²) in [6.45, 7) is 7.74. The van der Waals surface area contributed by atoms with Crippen molar-refractivity contribution in [2.45, 2.75) is 34.3 Å². The maximum Gasteiger partial charge on any atom is 0.280 e. The van der Waals surface area contributed by atoms with Crippen molar-refractivity contribution in [2.24, 2.45) is 0 Å². The van der Waals surface area contributed by atoms with E-state index < -0.39 is 5.56 Å². The molecule has 0 aliphatic rings. The van der Waals surface area contributed by atoms with Crippen LogP contribution in [-0.4, -0.2) is 24.5 Å². The Balaban J connectivity index is 1.75. The highest BCUT2D eigenvalue weighted by molar-refractivity contribution is 7.09. The summed E-state index contributed by atoms with van der Waals surface area (Å²) in [4.78, 5) is 30.4. The van der Waals surface area contributed by atoms with Crippen LogP contribution >= 0.6 is 22.9 Å². The van der Waals surface area contributed by atoms with Crippen molar-refractivity contribution in [3.8, 4) is 22.8 Å². The second-order valence-corrected chi connectivity index (χ2v) is 8.56. The Morgan fingerprint density at radius 3 is 2.65 bits per heavy atom. The summed E-state index contributed by atoms with van der Waals surface area (Å²) < 4.78 is 7.20. The molecule has 0 atom stereocenters. The Labute approximate surface area is 188 Å². The Bertz CT molecular complexity index is 1330. The van der Waals surface area contributed by atoms with Crippen LogP contribution in [0, 0.1) is 27.7 Å². The summed E-state index contributed by atoms with van der Waals surface area (Å²) in [5.74, 6) is 0.574. The molecule has 0 aliphatic carbocycles. The van der Waals surface area contributed by atoms with Gasteiger partial charge < -0.3 is 4.74 Å². The number of aromatic nitrogens is 5. The third kappa shape index (κ3) is 4.22. The zero-order chi connectivity index (χ0) is 22.1. The van der Waals surface area contributed by atoms with Crippen LogP contribution < -0.4 is 10.3 Å². The van der Waals surface area contributed by atoms with Crippen LogP contribution in [-0.2, 0) is 6.61 Å². The summed E-state index contributed by atoms with van der Waals surface area (Å²) in [6, 6.07) is 5.83. The van der Waals surface area contributed by atoms with Gasteiger partial charge in [-0.3, -0.25) is 9.36 Å². The first-order valence-electron chi connectivity index (χ1n) is 9.56. The molecule has 0 spiro atoms. The highest BCUT2D eigenvalue weighted by atomic mass is 35.5. The maximum atomic E-state index is 13.2. The molecule has 0 saturated carbocycles. The van der Waals surface area contributed by atoms with E-state index in [-0.39, 0.29) is 17.5 Å². The number of thiazole rings is 1. The molecule has 1 aromatic carbocycles. The summed E-state index contributed by atoms with van der Waals surface area (Å²) >= 11 is 7.90. The minimum atomic E-state index is -0.390. The Morgan fingerprint density at radius 2 is 1.94 bits per heavy atom. The fourth-order valence-electron chi connectivity index (χ4n) is 3.28. The van der Waals surface area contributed by atoms with Gasteiger partial charge in [0.25, 0.3) is 5.56 Å². The lowest BCUT2D eigenvalue weighted by molar-refractivity contribution is 0.287. The second kappa shape index (κ2) is 8.56. The predicted octanol–water partition coefficient (Wildman–Crippen LogP) is 4.61. The lowest BCUT2D eigenvalue weighted by atomic mass is 10.0. The fraction of sp³-hybridized carbons (Fsp3) is 0.227. The van der Waals surface area contributed by atoms with Crippen molar-refractivity contribution < 1.29 is 4.74 Å². The van der Waals surface area contributed by atoms with Crippen molar-refractivity contribution in [3.05, 3.63) is 79.1 Å². The number of benzene rings is 1. The van der Waals surface area contributed by atoms with Gasteiger partial charge in [-0.25, -0.2) is 15.0 Å². The van der Waals surface area contributed by atoms with Crippen molar-refractivity contribution >= 4 is 22.9 Å². The van der Waals surface area contributed by atoms with Gasteiger partial charge in [-0.2, -0.15) is 4.98 Å². The lowest BCUT2D eigenvalue weighted by Crippen LogP contribution is -2.24. The molecule has 0 fully saturated rings. The van der Waals surface area contributed by atoms with Crippen molar-refractivity contribution in [1.82, 2.24) is 24.5 Å². The highest BCUT2D eigenvalue weighted by Gasteiger charge is 2.18. The number of rotatable bonds is 5. The molecule has 158 valence electrons. The molecule has 7 nitrogen and oxygen atoms in total. The van der Waals surface area contributed by atoms with Crippen LogP contribution in [0.4, 0.5) is 0 Å². The number of hydrogen-bond acceptors (Lipinski definition) is 7. The molecule has 31 heavy (non-hydrogen) atoms. The molecule has 0 aliphatic heterocycles. The van der Waals surface area contributed by atoms with Crippen molar-refractivity contribution in [2.75, 3.05) is 0 Å². The Morgan fingerprint density at radius 1 is 1.13 bits per heavy atom. The van der Waals surface area contributed by atoms with Gasteiger partial charge in [0, 0.05) is 17.1 Å². The minimum absolute atomic E-state index is 0.0689. The minimum Gasteiger partial charge on any atom is -0.470 e. The lowest BCUT2D eigenvalue weighted by Gasteiger charge is -2.16. The summed E-state index contributed by atoms with van der Waals surface area (Å²) in [5.41, 5.74) is 4.60. The van der Waals surface area contributed by atoms with E-state index >= 15 is 0 Å². The third-order valence-electron chi connectivity index (χ3n) is 4.81.